The molecule has 8 heteroatoms. The zero-order valence-electron chi connectivity index (χ0n) is 13.7. The lowest BCUT2D eigenvalue weighted by Crippen LogP contribution is -2.64. The lowest BCUT2D eigenvalue weighted by Gasteiger charge is -2.44. The van der Waals surface area contributed by atoms with Crippen molar-refractivity contribution in [1.29, 1.82) is 0 Å². The fourth-order valence-corrected chi connectivity index (χ4v) is 3.51. The molecular weight excluding hydrogens is 286 g/mol. The number of fused-ring (bicyclic) bond motifs is 1. The molecule has 2 fully saturated rings. The number of morpholine rings is 1. The number of carbonyl (C=O) groups is 2. The van der Waals surface area contributed by atoms with Crippen LogP contribution in [0.3, 0.4) is 0 Å². The summed E-state index contributed by atoms with van der Waals surface area (Å²) in [5.41, 5.74) is -0.279. The van der Waals surface area contributed by atoms with E-state index in [1.807, 2.05) is 32.7 Å². The Morgan fingerprint density at radius 3 is 2.59 bits per heavy atom. The molecule has 0 spiro atoms. The van der Waals surface area contributed by atoms with Crippen molar-refractivity contribution < 1.29 is 14.3 Å². The Hall–Kier alpha value is -1.83. The van der Waals surface area contributed by atoms with Gasteiger partial charge in [-0.15, -0.1) is 0 Å². The van der Waals surface area contributed by atoms with Gasteiger partial charge in [-0.25, -0.2) is 9.79 Å². The minimum absolute atomic E-state index is 0.0793. The Kier molecular flexibility index (Phi) is 3.32. The molecule has 8 nitrogen and oxygen atoms in total. The maximum absolute atomic E-state index is 12.1. The summed E-state index contributed by atoms with van der Waals surface area (Å²) < 4.78 is 5.92. The second kappa shape index (κ2) is 4.84. The molecule has 1 N–H and O–H groups in total. The van der Waals surface area contributed by atoms with E-state index >= 15 is 0 Å². The summed E-state index contributed by atoms with van der Waals surface area (Å²) >= 11 is 0. The number of carbonyl (C=O) groups excluding carboxylic acids is 2. The molecule has 3 aliphatic rings. The summed E-state index contributed by atoms with van der Waals surface area (Å²) in [7, 11) is 3.51. The second-order valence-corrected chi connectivity index (χ2v) is 6.87. The summed E-state index contributed by atoms with van der Waals surface area (Å²) in [6.45, 7) is 7.52. The Morgan fingerprint density at radius 1 is 1.27 bits per heavy atom. The highest BCUT2D eigenvalue weighted by Gasteiger charge is 2.49. The maximum atomic E-state index is 12.1. The van der Waals surface area contributed by atoms with Gasteiger partial charge in [-0.3, -0.25) is 10.1 Å². The number of amides is 3. The number of hydrogen-bond donors (Lipinski definition) is 1. The van der Waals surface area contributed by atoms with Crippen molar-refractivity contribution in [2.24, 2.45) is 4.99 Å². The molecule has 3 amide bonds. The first kappa shape index (κ1) is 15.1. The molecule has 0 aromatic rings. The fourth-order valence-electron chi connectivity index (χ4n) is 3.51. The van der Waals surface area contributed by atoms with Crippen LogP contribution in [0.25, 0.3) is 0 Å². The van der Waals surface area contributed by atoms with Gasteiger partial charge in [-0.2, -0.15) is 0 Å². The minimum atomic E-state index is -0.473. The van der Waals surface area contributed by atoms with E-state index in [0.29, 0.717) is 13.1 Å². The molecule has 0 aliphatic carbocycles. The molecule has 0 saturated carbocycles. The van der Waals surface area contributed by atoms with Gasteiger partial charge in [-0.05, 0) is 20.8 Å². The smallest absolute Gasteiger partial charge is 0.325 e. The van der Waals surface area contributed by atoms with Crippen LogP contribution in [-0.2, 0) is 9.53 Å². The summed E-state index contributed by atoms with van der Waals surface area (Å²) in [4.78, 5) is 34.0. The zero-order valence-corrected chi connectivity index (χ0v) is 13.7. The van der Waals surface area contributed by atoms with E-state index in [4.69, 9.17) is 4.74 Å². The first-order chi connectivity index (χ1) is 10.2. The van der Waals surface area contributed by atoms with Gasteiger partial charge in [0.2, 0.25) is 0 Å². The topological polar surface area (TPSA) is 77.5 Å². The number of nitrogens with zero attached hydrogens (tertiary/aromatic N) is 4. The van der Waals surface area contributed by atoms with Crippen LogP contribution in [0.15, 0.2) is 4.99 Å². The van der Waals surface area contributed by atoms with Gasteiger partial charge in [0.05, 0.1) is 11.7 Å². The zero-order chi connectivity index (χ0) is 16.2. The molecule has 2 saturated heterocycles. The number of guanidine groups is 1. The lowest BCUT2D eigenvalue weighted by molar-refractivity contribution is -0.127. The van der Waals surface area contributed by atoms with Crippen LogP contribution in [0.4, 0.5) is 4.79 Å². The van der Waals surface area contributed by atoms with E-state index in [2.05, 4.69) is 15.2 Å². The van der Waals surface area contributed by atoms with Gasteiger partial charge in [-0.1, -0.05) is 0 Å². The molecule has 0 radical (unpaired) electrons. The monoisotopic (exact) mass is 309 g/mol. The van der Waals surface area contributed by atoms with Gasteiger partial charge in [0.15, 0.2) is 18.2 Å². The van der Waals surface area contributed by atoms with Crippen LogP contribution < -0.4 is 5.32 Å². The summed E-state index contributed by atoms with van der Waals surface area (Å²) in [5.74, 6) is 0.449. The average molecular weight is 309 g/mol. The van der Waals surface area contributed by atoms with Crippen molar-refractivity contribution in [2.45, 2.75) is 44.7 Å². The second-order valence-electron chi connectivity index (χ2n) is 6.87. The van der Waals surface area contributed by atoms with Gasteiger partial charge >= 0.3 is 6.03 Å². The predicted octanol–water partition coefficient (Wildman–Crippen LogP) is -0.337. The van der Waals surface area contributed by atoms with E-state index < -0.39 is 18.2 Å². The molecule has 122 valence electrons. The molecule has 3 atom stereocenters. The predicted molar refractivity (Wildman–Crippen MR) is 80.3 cm³/mol. The van der Waals surface area contributed by atoms with Gasteiger partial charge in [0.25, 0.3) is 5.91 Å². The third-order valence-electron chi connectivity index (χ3n) is 4.33. The van der Waals surface area contributed by atoms with E-state index in [0.717, 1.165) is 5.96 Å². The van der Waals surface area contributed by atoms with Crippen molar-refractivity contribution in [1.82, 2.24) is 20.0 Å². The Labute approximate surface area is 130 Å². The molecule has 0 aromatic heterocycles. The van der Waals surface area contributed by atoms with Crippen LogP contribution in [-0.4, -0.2) is 83.7 Å². The highest BCUT2D eigenvalue weighted by Crippen LogP contribution is 2.27. The number of imide groups is 1. The van der Waals surface area contributed by atoms with Crippen molar-refractivity contribution in [3.8, 4) is 0 Å². The molecule has 3 rings (SSSR count). The van der Waals surface area contributed by atoms with Crippen molar-refractivity contribution in [3.05, 3.63) is 0 Å². The number of urea groups is 1. The third kappa shape index (κ3) is 2.31. The number of likely N-dealkylation sites (N-methyl/N-ethyl adjacent to an activating group) is 2. The van der Waals surface area contributed by atoms with Crippen LogP contribution >= 0.6 is 0 Å². The molecule has 0 aromatic carbocycles. The van der Waals surface area contributed by atoms with E-state index in [1.54, 1.807) is 7.05 Å². The largest absolute Gasteiger partial charge is 0.369 e. The van der Waals surface area contributed by atoms with Crippen LogP contribution in [0.1, 0.15) is 20.8 Å². The van der Waals surface area contributed by atoms with Crippen molar-refractivity contribution >= 4 is 17.9 Å². The maximum Gasteiger partial charge on any atom is 0.325 e. The lowest BCUT2D eigenvalue weighted by atomic mass is 10.1. The first-order valence-corrected chi connectivity index (χ1v) is 7.51. The number of aliphatic imine (C=N–C) groups is 1. The standard InChI is InChI=1S/C14H23N5O3/c1-8-6-19(7-14(2,3)22-8)12-15-10-9(17(12)4)11(20)16-13(21)18(10)5/h8-10H,6-7H2,1-5H3,(H,16,20,21). The number of ether oxygens (including phenoxy) is 1. The highest BCUT2D eigenvalue weighted by atomic mass is 16.5. The number of rotatable bonds is 0. The van der Waals surface area contributed by atoms with Crippen LogP contribution in [0.5, 0.6) is 0 Å². The van der Waals surface area contributed by atoms with Gasteiger partial charge < -0.3 is 19.4 Å². The Morgan fingerprint density at radius 2 is 1.95 bits per heavy atom. The van der Waals surface area contributed by atoms with E-state index in [-0.39, 0.29) is 17.6 Å². The summed E-state index contributed by atoms with van der Waals surface area (Å²) in [5, 5.41) is 2.37. The Bertz CT molecular complexity index is 547. The van der Waals surface area contributed by atoms with Gasteiger partial charge in [0, 0.05) is 27.2 Å². The van der Waals surface area contributed by atoms with Crippen molar-refractivity contribution in [3.63, 3.8) is 0 Å². The molecule has 3 aliphatic heterocycles. The minimum Gasteiger partial charge on any atom is -0.369 e. The van der Waals surface area contributed by atoms with Crippen LogP contribution in [0.2, 0.25) is 0 Å². The third-order valence-corrected chi connectivity index (χ3v) is 4.33. The molecular formula is C14H23N5O3. The first-order valence-electron chi connectivity index (χ1n) is 7.51. The molecule has 3 heterocycles. The SMILES string of the molecule is CC1CN(C2=NC3C(C(=O)NC(=O)N3C)N2C)CC(C)(C)O1. The normalized spacial score (nSPS) is 34.5. The Balaban J connectivity index is 1.88. The van der Waals surface area contributed by atoms with E-state index in [1.165, 1.54) is 4.90 Å². The highest BCUT2D eigenvalue weighted by molar-refractivity contribution is 6.03. The summed E-state index contributed by atoms with van der Waals surface area (Å²) in [6.07, 6.45) is -0.391. The number of hydrogen-bond acceptors (Lipinski definition) is 6. The molecule has 22 heavy (non-hydrogen) atoms. The molecule has 3 unspecified atom stereocenters. The molecule has 0 bridgehead atoms. The van der Waals surface area contributed by atoms with Gasteiger partial charge in [0.1, 0.15) is 0 Å². The quantitative estimate of drug-likeness (QED) is 0.662. The average Bonchev–Trinajstić information content (AvgIpc) is 2.72. The number of nitrogens with one attached hydrogen (secondary N) is 1. The van der Waals surface area contributed by atoms with E-state index in [9.17, 15) is 9.59 Å². The summed E-state index contributed by atoms with van der Waals surface area (Å²) in [6, 6.07) is -0.876. The van der Waals surface area contributed by atoms with Crippen LogP contribution in [0, 0.1) is 0 Å². The fraction of sp³-hybridized carbons (Fsp3) is 0.786. The van der Waals surface area contributed by atoms with Crippen molar-refractivity contribution in [2.75, 3.05) is 27.2 Å².